The lowest BCUT2D eigenvalue weighted by atomic mass is 9.97. The second kappa shape index (κ2) is 4.44. The Morgan fingerprint density at radius 1 is 1.33 bits per heavy atom. The molecular weight excluding hydrogens is 226 g/mol. The second-order valence-electron chi connectivity index (χ2n) is 5.77. The van der Waals surface area contributed by atoms with Crippen molar-refractivity contribution in [1.82, 2.24) is 4.40 Å². The van der Waals surface area contributed by atoms with E-state index in [1.165, 1.54) is 0 Å². The van der Waals surface area contributed by atoms with Crippen LogP contribution in [0.5, 0.6) is 0 Å². The molecule has 2 heterocycles. The van der Waals surface area contributed by atoms with Gasteiger partial charge in [-0.2, -0.15) is 4.40 Å². The van der Waals surface area contributed by atoms with Crippen LogP contribution in [0.2, 0.25) is 0 Å². The van der Waals surface area contributed by atoms with E-state index >= 15 is 0 Å². The van der Waals surface area contributed by atoms with Crippen molar-refractivity contribution in [3.05, 3.63) is 40.8 Å². The minimum Gasteiger partial charge on any atom is -0.305 e. The monoisotopic (exact) mass is 246 g/mol. The molecule has 0 saturated carbocycles. The third kappa shape index (κ3) is 2.53. The van der Waals surface area contributed by atoms with Crippen LogP contribution in [0.15, 0.2) is 35.3 Å². The first-order valence-corrected chi connectivity index (χ1v) is 6.13. The number of pyridine rings is 1. The van der Waals surface area contributed by atoms with Crippen LogP contribution in [0.3, 0.4) is 0 Å². The standard InChI is InChI=1S/C14H19N3O/c1-14(2,3)10-15-11-9-13(18)17-8-6-5-7-12(17)16(11)4/h5-9H,10H2,1-4H3/p+1. The van der Waals surface area contributed by atoms with E-state index in [9.17, 15) is 4.79 Å². The summed E-state index contributed by atoms with van der Waals surface area (Å²) in [6.07, 6.45) is 1.78. The highest BCUT2D eigenvalue weighted by atomic mass is 16.1. The summed E-state index contributed by atoms with van der Waals surface area (Å²) in [4.78, 5) is 12.0. The summed E-state index contributed by atoms with van der Waals surface area (Å²) >= 11 is 0. The molecule has 0 fully saturated rings. The zero-order valence-electron chi connectivity index (χ0n) is 11.4. The molecule has 0 atom stereocenters. The van der Waals surface area contributed by atoms with Gasteiger partial charge in [-0.3, -0.25) is 4.79 Å². The number of nitrogens with one attached hydrogen (secondary N) is 1. The van der Waals surface area contributed by atoms with Gasteiger partial charge in [0, 0.05) is 6.07 Å². The van der Waals surface area contributed by atoms with Crippen molar-refractivity contribution in [2.24, 2.45) is 12.5 Å². The molecule has 0 aliphatic heterocycles. The van der Waals surface area contributed by atoms with E-state index in [2.05, 4.69) is 26.1 Å². The van der Waals surface area contributed by atoms with Gasteiger partial charge in [-0.25, -0.2) is 4.57 Å². The fourth-order valence-corrected chi connectivity index (χ4v) is 1.83. The van der Waals surface area contributed by atoms with Gasteiger partial charge in [0.1, 0.15) is 0 Å². The van der Waals surface area contributed by atoms with Crippen LogP contribution < -0.4 is 15.4 Å². The van der Waals surface area contributed by atoms with Gasteiger partial charge in [0.25, 0.3) is 0 Å². The average Bonchev–Trinajstić information content (AvgIpc) is 2.31. The van der Waals surface area contributed by atoms with E-state index in [0.717, 1.165) is 18.0 Å². The number of aromatic nitrogens is 2. The molecule has 0 aliphatic rings. The number of anilines is 1. The van der Waals surface area contributed by atoms with Crippen molar-refractivity contribution < 1.29 is 4.57 Å². The van der Waals surface area contributed by atoms with Crippen molar-refractivity contribution in [2.45, 2.75) is 20.8 Å². The maximum absolute atomic E-state index is 12.0. The molecule has 0 aromatic carbocycles. The van der Waals surface area contributed by atoms with E-state index in [1.807, 2.05) is 29.8 Å². The average molecular weight is 246 g/mol. The lowest BCUT2D eigenvalue weighted by Crippen LogP contribution is -2.40. The molecule has 4 heteroatoms. The highest BCUT2D eigenvalue weighted by Gasteiger charge is 2.16. The molecule has 18 heavy (non-hydrogen) atoms. The van der Waals surface area contributed by atoms with Crippen LogP contribution in [-0.4, -0.2) is 10.9 Å². The predicted octanol–water partition coefficient (Wildman–Crippen LogP) is 1.58. The summed E-state index contributed by atoms with van der Waals surface area (Å²) in [5.74, 6) is 0.848. The Hall–Kier alpha value is -1.84. The quantitative estimate of drug-likeness (QED) is 0.817. The second-order valence-corrected chi connectivity index (χ2v) is 5.77. The zero-order chi connectivity index (χ0) is 13.3. The van der Waals surface area contributed by atoms with Crippen molar-refractivity contribution in [2.75, 3.05) is 11.9 Å². The fraction of sp³-hybridized carbons (Fsp3) is 0.429. The molecule has 2 aromatic rings. The molecule has 2 rings (SSSR count). The molecule has 0 amide bonds. The highest BCUT2D eigenvalue weighted by Crippen LogP contribution is 2.13. The predicted molar refractivity (Wildman–Crippen MR) is 72.8 cm³/mol. The molecule has 0 spiro atoms. The summed E-state index contributed by atoms with van der Waals surface area (Å²) in [5, 5.41) is 3.34. The minimum absolute atomic E-state index is 0.0138. The SMILES string of the molecule is C[n+]1c(NCC(C)(C)C)cc(=O)n2ccccc21. The normalized spacial score (nSPS) is 11.8. The first-order chi connectivity index (χ1) is 8.38. The molecule has 0 radical (unpaired) electrons. The molecule has 0 unspecified atom stereocenters. The molecule has 1 N–H and O–H groups in total. The Kier molecular flexibility index (Phi) is 3.11. The third-order valence-corrected chi connectivity index (χ3v) is 2.84. The number of rotatable bonds is 2. The Labute approximate surface area is 107 Å². The van der Waals surface area contributed by atoms with Crippen LogP contribution in [0.1, 0.15) is 20.8 Å². The Morgan fingerprint density at radius 3 is 2.72 bits per heavy atom. The van der Waals surface area contributed by atoms with Gasteiger partial charge in [-0.1, -0.05) is 26.8 Å². The van der Waals surface area contributed by atoms with Gasteiger partial charge in [0.2, 0.25) is 11.5 Å². The number of nitrogens with zero attached hydrogens (tertiary/aromatic N) is 2. The topological polar surface area (TPSA) is 37.4 Å². The fourth-order valence-electron chi connectivity index (χ4n) is 1.83. The summed E-state index contributed by atoms with van der Waals surface area (Å²) in [7, 11) is 1.96. The van der Waals surface area contributed by atoms with Crippen LogP contribution >= 0.6 is 0 Å². The van der Waals surface area contributed by atoms with Crippen molar-refractivity contribution in [1.29, 1.82) is 0 Å². The maximum atomic E-state index is 12.0. The summed E-state index contributed by atoms with van der Waals surface area (Å²) in [6, 6.07) is 7.36. The zero-order valence-corrected chi connectivity index (χ0v) is 11.4. The Balaban J connectivity index is 2.47. The number of hydrogen-bond acceptors (Lipinski definition) is 2. The van der Waals surface area contributed by atoms with Gasteiger partial charge < -0.3 is 5.32 Å². The first kappa shape index (κ1) is 12.6. The molecule has 0 saturated heterocycles. The van der Waals surface area contributed by atoms with Crippen LogP contribution in [0.4, 0.5) is 5.82 Å². The van der Waals surface area contributed by atoms with Crippen molar-refractivity contribution >= 4 is 11.5 Å². The minimum atomic E-state index is -0.0138. The van der Waals surface area contributed by atoms with Crippen LogP contribution in [0, 0.1) is 5.41 Å². The Bertz CT molecular complexity index is 623. The van der Waals surface area contributed by atoms with Crippen LogP contribution in [-0.2, 0) is 7.05 Å². The molecule has 0 bridgehead atoms. The highest BCUT2D eigenvalue weighted by molar-refractivity contribution is 5.37. The lowest BCUT2D eigenvalue weighted by Gasteiger charge is -2.17. The molecule has 2 aromatic heterocycles. The largest absolute Gasteiger partial charge is 0.317 e. The van der Waals surface area contributed by atoms with E-state index in [0.29, 0.717) is 0 Å². The number of aryl methyl sites for hydroxylation is 1. The van der Waals surface area contributed by atoms with Crippen molar-refractivity contribution in [3.8, 4) is 0 Å². The number of fused-ring (bicyclic) bond motifs is 1. The van der Waals surface area contributed by atoms with Gasteiger partial charge in [0.05, 0.1) is 25.9 Å². The van der Waals surface area contributed by atoms with Gasteiger partial charge in [-0.15, -0.1) is 0 Å². The van der Waals surface area contributed by atoms with E-state index in [1.54, 1.807) is 16.7 Å². The smallest absolute Gasteiger partial charge is 0.305 e. The van der Waals surface area contributed by atoms with Gasteiger partial charge >= 0.3 is 5.56 Å². The van der Waals surface area contributed by atoms with Gasteiger partial charge in [-0.05, 0) is 11.5 Å². The molecule has 4 nitrogen and oxygen atoms in total. The number of hydrogen-bond donors (Lipinski definition) is 1. The van der Waals surface area contributed by atoms with E-state index in [-0.39, 0.29) is 11.0 Å². The molecule has 0 aliphatic carbocycles. The van der Waals surface area contributed by atoms with E-state index < -0.39 is 0 Å². The van der Waals surface area contributed by atoms with Crippen molar-refractivity contribution in [3.63, 3.8) is 0 Å². The summed E-state index contributed by atoms with van der Waals surface area (Å²) in [5.41, 5.74) is 1.04. The molecular formula is C14H20N3O+. The summed E-state index contributed by atoms with van der Waals surface area (Å²) in [6.45, 7) is 7.30. The summed E-state index contributed by atoms with van der Waals surface area (Å²) < 4.78 is 3.63. The Morgan fingerprint density at radius 2 is 2.06 bits per heavy atom. The lowest BCUT2D eigenvalue weighted by molar-refractivity contribution is -0.634. The van der Waals surface area contributed by atoms with Gasteiger partial charge in [0.15, 0.2) is 0 Å². The maximum Gasteiger partial charge on any atom is 0.317 e. The molecule has 96 valence electrons. The van der Waals surface area contributed by atoms with E-state index in [4.69, 9.17) is 0 Å². The first-order valence-electron chi connectivity index (χ1n) is 6.13. The third-order valence-electron chi connectivity index (χ3n) is 2.84. The van der Waals surface area contributed by atoms with Crippen LogP contribution in [0.25, 0.3) is 5.65 Å².